The summed E-state index contributed by atoms with van der Waals surface area (Å²) in [5.74, 6) is -0.765. The number of hydrogen-bond acceptors (Lipinski definition) is 7. The molecule has 174 valence electrons. The largest absolute Gasteiger partial charge is 0.272 e. The Labute approximate surface area is 204 Å². The fourth-order valence-corrected chi connectivity index (χ4v) is 4.91. The van der Waals surface area contributed by atoms with Gasteiger partial charge in [-0.25, -0.2) is 9.67 Å². The number of thiazole rings is 1. The number of nitrogens with zero attached hydrogens (tertiary/aromatic N) is 5. The van der Waals surface area contributed by atoms with Crippen molar-refractivity contribution in [3.63, 3.8) is 0 Å². The smallest absolute Gasteiger partial charge is 0.269 e. The number of tetrazole rings is 1. The number of hydrogen-bond donors (Lipinski definition) is 2. The van der Waals surface area contributed by atoms with Gasteiger partial charge in [0.2, 0.25) is 5.91 Å². The number of nitrogens with one attached hydrogen (secondary N) is 2. The van der Waals surface area contributed by atoms with Gasteiger partial charge in [-0.15, -0.1) is 16.4 Å². The third kappa shape index (κ3) is 4.64. The van der Waals surface area contributed by atoms with Crippen molar-refractivity contribution < 1.29 is 9.59 Å². The van der Waals surface area contributed by atoms with E-state index in [0.29, 0.717) is 17.7 Å². The van der Waals surface area contributed by atoms with Crippen LogP contribution in [0.1, 0.15) is 27.9 Å². The average molecular weight is 484 g/mol. The van der Waals surface area contributed by atoms with Gasteiger partial charge in [0.05, 0.1) is 26.3 Å². The first-order valence-electron chi connectivity index (χ1n) is 10.9. The summed E-state index contributed by atoms with van der Waals surface area (Å²) in [5.41, 5.74) is 7.03. The van der Waals surface area contributed by atoms with Gasteiger partial charge in [-0.05, 0) is 59.3 Å². The van der Waals surface area contributed by atoms with E-state index < -0.39 is 11.3 Å². The molecule has 2 aromatic heterocycles. The standard InChI is InChI=1S/C25H21N7O2S/c1-25(18-7-3-2-4-8-18,15-22-27-20-9-5-6-10-21(20)35-22)24(34)29-28-23(33)17-11-13-19(14-12-17)32-16-26-30-31-32/h2-14,16H,15H2,1H3,(H,28,33)(H,29,34). The van der Waals surface area contributed by atoms with Gasteiger partial charge in [-0.2, -0.15) is 0 Å². The number of fused-ring (bicyclic) bond motifs is 1. The van der Waals surface area contributed by atoms with E-state index in [-0.39, 0.29) is 5.91 Å². The van der Waals surface area contributed by atoms with Crippen LogP contribution in [0.15, 0.2) is 85.2 Å². The Hall–Kier alpha value is -4.44. The minimum absolute atomic E-state index is 0.332. The van der Waals surface area contributed by atoms with E-state index in [1.165, 1.54) is 11.0 Å². The fourth-order valence-electron chi connectivity index (χ4n) is 3.79. The van der Waals surface area contributed by atoms with Crippen LogP contribution in [0.4, 0.5) is 0 Å². The molecule has 10 heteroatoms. The molecule has 0 radical (unpaired) electrons. The van der Waals surface area contributed by atoms with Crippen LogP contribution in [0, 0.1) is 0 Å². The Morgan fingerprint density at radius 1 is 0.943 bits per heavy atom. The second-order valence-corrected chi connectivity index (χ2v) is 9.27. The Balaban J connectivity index is 1.33. The third-order valence-corrected chi connectivity index (χ3v) is 6.82. The summed E-state index contributed by atoms with van der Waals surface area (Å²) in [4.78, 5) is 30.9. The van der Waals surface area contributed by atoms with E-state index in [1.54, 1.807) is 35.6 Å². The van der Waals surface area contributed by atoms with E-state index in [4.69, 9.17) is 4.98 Å². The van der Waals surface area contributed by atoms with Crippen LogP contribution in [0.25, 0.3) is 15.9 Å². The predicted molar refractivity (Wildman–Crippen MR) is 132 cm³/mol. The third-order valence-electron chi connectivity index (χ3n) is 5.79. The van der Waals surface area contributed by atoms with Crippen molar-refractivity contribution in [2.75, 3.05) is 0 Å². The van der Waals surface area contributed by atoms with Crippen molar-refractivity contribution in [1.82, 2.24) is 36.0 Å². The van der Waals surface area contributed by atoms with Crippen molar-refractivity contribution in [3.05, 3.63) is 101 Å². The maximum absolute atomic E-state index is 13.5. The van der Waals surface area contributed by atoms with Gasteiger partial charge in [0, 0.05) is 12.0 Å². The maximum atomic E-state index is 13.5. The van der Waals surface area contributed by atoms with Crippen molar-refractivity contribution in [1.29, 1.82) is 0 Å². The average Bonchev–Trinajstić information content (AvgIpc) is 3.57. The molecule has 1 atom stereocenters. The summed E-state index contributed by atoms with van der Waals surface area (Å²) in [5, 5.41) is 11.9. The molecule has 1 unspecified atom stereocenters. The maximum Gasteiger partial charge on any atom is 0.269 e. The Bertz CT molecular complexity index is 1430. The molecule has 9 nitrogen and oxygen atoms in total. The van der Waals surface area contributed by atoms with E-state index in [0.717, 1.165) is 20.8 Å². The van der Waals surface area contributed by atoms with Crippen LogP contribution in [-0.2, 0) is 16.6 Å². The number of benzene rings is 3. The van der Waals surface area contributed by atoms with Crippen molar-refractivity contribution >= 4 is 33.4 Å². The molecule has 0 aliphatic rings. The molecule has 2 amide bonds. The number of para-hydroxylation sites is 1. The SMILES string of the molecule is CC(Cc1nc2ccccc2s1)(C(=O)NNC(=O)c1ccc(-n2cnnn2)cc1)c1ccccc1. The van der Waals surface area contributed by atoms with Gasteiger partial charge in [0.1, 0.15) is 6.33 Å². The molecular weight excluding hydrogens is 462 g/mol. The highest BCUT2D eigenvalue weighted by atomic mass is 32.1. The zero-order chi connectivity index (χ0) is 24.3. The van der Waals surface area contributed by atoms with E-state index in [1.807, 2.05) is 61.5 Å². The molecule has 0 aliphatic heterocycles. The van der Waals surface area contributed by atoms with E-state index in [9.17, 15) is 9.59 Å². The first-order chi connectivity index (χ1) is 17.0. The lowest BCUT2D eigenvalue weighted by molar-refractivity contribution is -0.127. The highest BCUT2D eigenvalue weighted by Crippen LogP contribution is 2.32. The minimum Gasteiger partial charge on any atom is -0.272 e. The van der Waals surface area contributed by atoms with Crippen LogP contribution < -0.4 is 10.9 Å². The van der Waals surface area contributed by atoms with Crippen LogP contribution in [-0.4, -0.2) is 37.0 Å². The van der Waals surface area contributed by atoms with Crippen LogP contribution in [0.3, 0.4) is 0 Å². The molecule has 0 bridgehead atoms. The fraction of sp³-hybridized carbons (Fsp3) is 0.120. The molecule has 0 fully saturated rings. The zero-order valence-corrected chi connectivity index (χ0v) is 19.6. The lowest BCUT2D eigenvalue weighted by Gasteiger charge is -2.28. The summed E-state index contributed by atoms with van der Waals surface area (Å²) in [6.45, 7) is 1.86. The van der Waals surface area contributed by atoms with Gasteiger partial charge >= 0.3 is 0 Å². The zero-order valence-electron chi connectivity index (χ0n) is 18.8. The van der Waals surface area contributed by atoms with E-state index >= 15 is 0 Å². The monoisotopic (exact) mass is 483 g/mol. The molecule has 0 saturated carbocycles. The van der Waals surface area contributed by atoms with Gasteiger partial charge in [-0.3, -0.25) is 20.4 Å². The second kappa shape index (κ2) is 9.43. The van der Waals surface area contributed by atoms with Gasteiger partial charge < -0.3 is 0 Å². The summed E-state index contributed by atoms with van der Waals surface area (Å²) in [6, 6.07) is 24.1. The molecule has 5 rings (SSSR count). The Morgan fingerprint density at radius 3 is 2.40 bits per heavy atom. The first kappa shape index (κ1) is 22.4. The predicted octanol–water partition coefficient (Wildman–Crippen LogP) is 3.23. The molecule has 2 heterocycles. The Kier molecular flexibility index (Phi) is 6.02. The van der Waals surface area contributed by atoms with Gasteiger partial charge in [-0.1, -0.05) is 42.5 Å². The minimum atomic E-state index is -0.952. The lowest BCUT2D eigenvalue weighted by atomic mass is 9.79. The summed E-state index contributed by atoms with van der Waals surface area (Å²) in [7, 11) is 0. The highest BCUT2D eigenvalue weighted by molar-refractivity contribution is 7.18. The summed E-state index contributed by atoms with van der Waals surface area (Å²) < 4.78 is 2.55. The number of hydrazine groups is 1. The molecule has 3 aromatic carbocycles. The highest BCUT2D eigenvalue weighted by Gasteiger charge is 2.37. The summed E-state index contributed by atoms with van der Waals surface area (Å²) in [6.07, 6.45) is 1.85. The molecule has 5 aromatic rings. The number of aromatic nitrogens is 5. The van der Waals surface area contributed by atoms with Crippen molar-refractivity contribution in [2.24, 2.45) is 0 Å². The second-order valence-electron chi connectivity index (χ2n) is 8.16. The van der Waals surface area contributed by atoms with Crippen LogP contribution >= 0.6 is 11.3 Å². The molecule has 35 heavy (non-hydrogen) atoms. The van der Waals surface area contributed by atoms with Crippen LogP contribution in [0.2, 0.25) is 0 Å². The molecular formula is C25H21N7O2S. The topological polar surface area (TPSA) is 115 Å². The molecule has 0 saturated heterocycles. The number of amides is 2. The molecule has 0 spiro atoms. The lowest BCUT2D eigenvalue weighted by Crippen LogP contribution is -2.51. The van der Waals surface area contributed by atoms with Crippen molar-refractivity contribution in [2.45, 2.75) is 18.8 Å². The number of rotatable bonds is 6. The number of carbonyl (C=O) groups excluding carboxylic acids is 2. The Morgan fingerprint density at radius 2 is 1.69 bits per heavy atom. The van der Waals surface area contributed by atoms with Gasteiger partial charge in [0.25, 0.3) is 5.91 Å². The number of carbonyl (C=O) groups is 2. The summed E-state index contributed by atoms with van der Waals surface area (Å²) >= 11 is 1.56. The quantitative estimate of drug-likeness (QED) is 0.359. The molecule has 2 N–H and O–H groups in total. The van der Waals surface area contributed by atoms with Crippen molar-refractivity contribution in [3.8, 4) is 5.69 Å². The van der Waals surface area contributed by atoms with Crippen LogP contribution in [0.5, 0.6) is 0 Å². The van der Waals surface area contributed by atoms with Gasteiger partial charge in [0.15, 0.2) is 0 Å². The first-order valence-corrected chi connectivity index (χ1v) is 11.7. The molecule has 0 aliphatic carbocycles. The van der Waals surface area contributed by atoms with E-state index in [2.05, 4.69) is 26.4 Å². The normalized spacial score (nSPS) is 12.7.